The van der Waals surface area contributed by atoms with Gasteiger partial charge in [-0.05, 0) is 63.2 Å². The molecule has 0 aliphatic carbocycles. The van der Waals surface area contributed by atoms with Crippen LogP contribution in [-0.4, -0.2) is 97.2 Å². The zero-order valence-corrected chi connectivity index (χ0v) is 21.4. The zero-order valence-electron chi connectivity index (χ0n) is 19.8. The van der Waals surface area contributed by atoms with Gasteiger partial charge in [0.05, 0.1) is 30.1 Å². The molecule has 2 aliphatic rings. The van der Waals surface area contributed by atoms with Gasteiger partial charge in [0.25, 0.3) is 0 Å². The molecular weight excluding hydrogens is 480 g/mol. The molecule has 0 bridgehead atoms. The van der Waals surface area contributed by atoms with Crippen molar-refractivity contribution in [1.29, 1.82) is 0 Å². The Hall–Kier alpha value is -1.73. The highest BCUT2D eigenvalue weighted by molar-refractivity contribution is 7.92. The summed E-state index contributed by atoms with van der Waals surface area (Å²) >= 11 is 0. The van der Waals surface area contributed by atoms with Gasteiger partial charge >= 0.3 is 0 Å². The molecule has 192 valence electrons. The second-order valence-electron chi connectivity index (χ2n) is 8.74. The van der Waals surface area contributed by atoms with Crippen LogP contribution in [0.4, 0.5) is 5.69 Å². The van der Waals surface area contributed by atoms with E-state index in [1.165, 1.54) is 54.3 Å². The Bertz CT molecular complexity index is 1000. The highest BCUT2D eigenvalue weighted by atomic mass is 32.2. The van der Waals surface area contributed by atoms with Gasteiger partial charge in [-0.25, -0.2) is 16.8 Å². The number of amides is 1. The Kier molecular flexibility index (Phi) is 9.72. The maximum atomic E-state index is 12.8. The van der Waals surface area contributed by atoms with Crippen LogP contribution in [0.5, 0.6) is 0 Å². The molecular formula is C22H36N4O6S2. The average molecular weight is 517 g/mol. The molecule has 1 N–H and O–H groups in total. The molecule has 2 aliphatic heterocycles. The summed E-state index contributed by atoms with van der Waals surface area (Å²) in [6.45, 7) is 4.44. The first-order valence-corrected chi connectivity index (χ1v) is 15.1. The third-order valence-corrected chi connectivity index (χ3v) is 9.15. The highest BCUT2D eigenvalue weighted by Crippen LogP contribution is 2.23. The van der Waals surface area contributed by atoms with Gasteiger partial charge in [-0.3, -0.25) is 9.10 Å². The van der Waals surface area contributed by atoms with Crippen molar-refractivity contribution in [2.75, 3.05) is 69.6 Å². The van der Waals surface area contributed by atoms with Crippen LogP contribution in [0.25, 0.3) is 0 Å². The van der Waals surface area contributed by atoms with Crippen molar-refractivity contribution in [3.8, 4) is 0 Å². The third kappa shape index (κ3) is 7.64. The Morgan fingerprint density at radius 3 is 2.18 bits per heavy atom. The summed E-state index contributed by atoms with van der Waals surface area (Å²) in [5, 5.41) is 2.80. The number of benzene rings is 1. The van der Waals surface area contributed by atoms with Crippen molar-refractivity contribution >= 4 is 31.6 Å². The van der Waals surface area contributed by atoms with E-state index in [2.05, 4.69) is 10.2 Å². The Balaban J connectivity index is 1.57. The maximum absolute atomic E-state index is 12.8. The number of hydrogen-bond donors (Lipinski definition) is 1. The predicted octanol–water partition coefficient (Wildman–Crippen LogP) is 0.856. The standard InChI is InChI=1S/C22H36N4O6S2/c1-33(28,29)26(19-22(27)23-11-6-14-24-12-4-2-3-5-13-24)20-7-9-21(10-8-20)34(30,31)25-15-17-32-18-16-25/h7-10H,2-6,11-19H2,1H3,(H,23,27). The second-order valence-corrected chi connectivity index (χ2v) is 12.6. The van der Waals surface area contributed by atoms with Crippen molar-refractivity contribution in [1.82, 2.24) is 14.5 Å². The number of hydrogen-bond acceptors (Lipinski definition) is 7. The van der Waals surface area contributed by atoms with Gasteiger partial charge in [-0.15, -0.1) is 0 Å². The highest BCUT2D eigenvalue weighted by Gasteiger charge is 2.27. The van der Waals surface area contributed by atoms with E-state index in [1.54, 1.807) is 0 Å². The van der Waals surface area contributed by atoms with Gasteiger partial charge in [-0.1, -0.05) is 12.8 Å². The molecule has 2 fully saturated rings. The molecule has 0 aromatic heterocycles. The van der Waals surface area contributed by atoms with Crippen LogP contribution < -0.4 is 9.62 Å². The van der Waals surface area contributed by atoms with E-state index in [4.69, 9.17) is 4.74 Å². The number of carbonyl (C=O) groups is 1. The van der Waals surface area contributed by atoms with Crippen LogP contribution in [0.1, 0.15) is 32.1 Å². The molecule has 2 saturated heterocycles. The van der Waals surface area contributed by atoms with Crippen LogP contribution in [0.2, 0.25) is 0 Å². The van der Waals surface area contributed by atoms with Crippen LogP contribution >= 0.6 is 0 Å². The third-order valence-electron chi connectivity index (χ3n) is 6.09. The lowest BCUT2D eigenvalue weighted by Crippen LogP contribution is -2.41. The van der Waals surface area contributed by atoms with E-state index >= 15 is 0 Å². The molecule has 1 amide bonds. The lowest BCUT2D eigenvalue weighted by atomic mass is 10.2. The number of nitrogens with zero attached hydrogens (tertiary/aromatic N) is 3. The summed E-state index contributed by atoms with van der Waals surface area (Å²) in [4.78, 5) is 15.0. The lowest BCUT2D eigenvalue weighted by Gasteiger charge is -2.26. The summed E-state index contributed by atoms with van der Waals surface area (Å²) in [5.74, 6) is -0.397. The van der Waals surface area contributed by atoms with Crippen LogP contribution in [0.3, 0.4) is 0 Å². The van der Waals surface area contributed by atoms with E-state index in [0.717, 1.165) is 36.6 Å². The Morgan fingerprint density at radius 2 is 1.59 bits per heavy atom. The van der Waals surface area contributed by atoms with Gasteiger partial charge in [0.2, 0.25) is 26.0 Å². The summed E-state index contributed by atoms with van der Waals surface area (Å²) < 4.78 is 57.9. The Morgan fingerprint density at radius 1 is 0.971 bits per heavy atom. The lowest BCUT2D eigenvalue weighted by molar-refractivity contribution is -0.119. The van der Waals surface area contributed by atoms with E-state index in [9.17, 15) is 21.6 Å². The molecule has 0 saturated carbocycles. The number of morpholine rings is 1. The fraction of sp³-hybridized carbons (Fsp3) is 0.682. The number of rotatable bonds is 10. The molecule has 1 aromatic carbocycles. The van der Waals surface area contributed by atoms with Gasteiger partial charge in [0.1, 0.15) is 6.54 Å². The van der Waals surface area contributed by atoms with E-state index in [-0.39, 0.29) is 30.2 Å². The summed E-state index contributed by atoms with van der Waals surface area (Å²) in [6, 6.07) is 5.58. The number of nitrogens with one attached hydrogen (secondary N) is 1. The van der Waals surface area contributed by atoms with Crippen LogP contribution in [-0.2, 0) is 29.6 Å². The predicted molar refractivity (Wildman–Crippen MR) is 131 cm³/mol. The van der Waals surface area contributed by atoms with Gasteiger partial charge < -0.3 is 15.0 Å². The zero-order chi connectivity index (χ0) is 24.6. The van der Waals surface area contributed by atoms with Crippen molar-refractivity contribution < 1.29 is 26.4 Å². The number of anilines is 1. The fourth-order valence-electron chi connectivity index (χ4n) is 4.20. The van der Waals surface area contributed by atoms with Crippen LogP contribution in [0.15, 0.2) is 29.2 Å². The fourth-order valence-corrected chi connectivity index (χ4v) is 6.46. The minimum Gasteiger partial charge on any atom is -0.379 e. The smallest absolute Gasteiger partial charge is 0.243 e. The molecule has 0 unspecified atom stereocenters. The molecule has 0 spiro atoms. The number of carbonyl (C=O) groups excluding carboxylic acids is 1. The molecule has 10 nitrogen and oxygen atoms in total. The quantitative estimate of drug-likeness (QED) is 0.459. The molecule has 34 heavy (non-hydrogen) atoms. The SMILES string of the molecule is CS(=O)(=O)N(CC(=O)NCCCN1CCCCCC1)c1ccc(S(=O)(=O)N2CCOCC2)cc1. The van der Waals surface area contributed by atoms with Crippen molar-refractivity contribution in [2.24, 2.45) is 0 Å². The van der Waals surface area contributed by atoms with Gasteiger partial charge in [-0.2, -0.15) is 4.31 Å². The average Bonchev–Trinajstić information content (AvgIpc) is 3.09. The largest absolute Gasteiger partial charge is 0.379 e. The topological polar surface area (TPSA) is 116 Å². The normalized spacial score (nSPS) is 18.9. The summed E-state index contributed by atoms with van der Waals surface area (Å²) in [6.07, 6.45) is 6.80. The van der Waals surface area contributed by atoms with Gasteiger partial charge in [0, 0.05) is 19.6 Å². The first-order chi connectivity index (χ1) is 16.2. The van der Waals surface area contributed by atoms with E-state index in [1.807, 2.05) is 0 Å². The number of ether oxygens (including phenoxy) is 1. The number of likely N-dealkylation sites (tertiary alicyclic amines) is 1. The van der Waals surface area contributed by atoms with E-state index in [0.29, 0.717) is 19.8 Å². The Labute approximate surface area is 203 Å². The van der Waals surface area contributed by atoms with Crippen molar-refractivity contribution in [3.05, 3.63) is 24.3 Å². The molecule has 0 atom stereocenters. The summed E-state index contributed by atoms with van der Waals surface area (Å²) in [5.41, 5.74) is 0.239. The summed E-state index contributed by atoms with van der Waals surface area (Å²) in [7, 11) is -7.43. The van der Waals surface area contributed by atoms with Gasteiger partial charge in [0.15, 0.2) is 0 Å². The first kappa shape index (κ1) is 26.9. The number of sulfonamides is 2. The molecule has 12 heteroatoms. The van der Waals surface area contributed by atoms with Crippen molar-refractivity contribution in [3.63, 3.8) is 0 Å². The minimum absolute atomic E-state index is 0.0737. The molecule has 1 aromatic rings. The van der Waals surface area contributed by atoms with E-state index < -0.39 is 26.0 Å². The molecule has 0 radical (unpaired) electrons. The monoisotopic (exact) mass is 516 g/mol. The van der Waals surface area contributed by atoms with Crippen molar-refractivity contribution in [2.45, 2.75) is 37.0 Å². The van der Waals surface area contributed by atoms with Crippen LogP contribution in [0, 0.1) is 0 Å². The second kappa shape index (κ2) is 12.3. The maximum Gasteiger partial charge on any atom is 0.243 e. The molecule has 2 heterocycles. The minimum atomic E-state index is -3.75. The molecule has 3 rings (SSSR count). The first-order valence-electron chi connectivity index (χ1n) is 11.8.